The maximum Gasteiger partial charge on any atom is 0.356 e. The molecule has 0 spiro atoms. The van der Waals surface area contributed by atoms with Gasteiger partial charge in [0.1, 0.15) is 0 Å². The Labute approximate surface area is 122 Å². The number of carbonyl (C=O) groups excluding carboxylic acids is 3. The molecule has 0 saturated carbocycles. The summed E-state index contributed by atoms with van der Waals surface area (Å²) in [6.45, 7) is 0.126. The number of amides is 2. The van der Waals surface area contributed by atoms with E-state index in [-0.39, 0.29) is 6.54 Å². The lowest BCUT2D eigenvalue weighted by Crippen LogP contribution is -2.56. The summed E-state index contributed by atoms with van der Waals surface area (Å²) in [4.78, 5) is 37.7. The van der Waals surface area contributed by atoms with Crippen molar-refractivity contribution in [2.75, 3.05) is 35.0 Å². The fraction of sp³-hybridized carbons (Fsp3) is 0.583. The van der Waals surface area contributed by atoms with E-state index in [1.807, 2.05) is 0 Å². The van der Waals surface area contributed by atoms with Crippen LogP contribution in [0.3, 0.4) is 0 Å². The molecule has 9 nitrogen and oxygen atoms in total. The summed E-state index contributed by atoms with van der Waals surface area (Å²) in [5.41, 5.74) is 0. The van der Waals surface area contributed by atoms with Gasteiger partial charge in [0, 0.05) is 27.0 Å². The molecule has 21 heavy (non-hydrogen) atoms. The predicted octanol–water partition coefficient (Wildman–Crippen LogP) is -0.471. The Morgan fingerprint density at radius 1 is 1.05 bits per heavy atom. The van der Waals surface area contributed by atoms with E-state index in [4.69, 9.17) is 9.47 Å². The van der Waals surface area contributed by atoms with Crippen LogP contribution in [0, 0.1) is 0 Å². The van der Waals surface area contributed by atoms with Crippen LogP contribution in [0.15, 0.2) is 12.3 Å². The highest BCUT2D eigenvalue weighted by Gasteiger charge is 2.39. The summed E-state index contributed by atoms with van der Waals surface area (Å²) in [6, 6.07) is -0.646. The second-order valence-corrected chi connectivity index (χ2v) is 3.95. The highest BCUT2D eigenvalue weighted by molar-refractivity contribution is 5.87. The molecule has 2 amide bonds. The number of esters is 2. The number of rotatable bonds is 6. The first kappa shape index (κ1) is 16.9. The van der Waals surface area contributed by atoms with E-state index in [0.717, 1.165) is 9.80 Å². The Morgan fingerprint density at radius 3 is 2.05 bits per heavy atom. The molecule has 0 bridgehead atoms. The molecule has 118 valence electrons. The standard InChI is InChI=1S/C12H18N2O7/c1-18-8(10(15)20-3)13-6-5-7-14(12(13)17)9(19-2)11(16)21-4/h5-6,8-9H,7H2,1-4H3. The smallest absolute Gasteiger partial charge is 0.356 e. The lowest BCUT2D eigenvalue weighted by Gasteiger charge is -2.36. The minimum absolute atomic E-state index is 0.126. The van der Waals surface area contributed by atoms with Crippen molar-refractivity contribution in [1.82, 2.24) is 9.80 Å². The summed E-state index contributed by atoms with van der Waals surface area (Å²) < 4.78 is 19.1. The average Bonchev–Trinajstić information content (AvgIpc) is 2.51. The van der Waals surface area contributed by atoms with Gasteiger partial charge < -0.3 is 18.9 Å². The molecule has 9 heteroatoms. The Hall–Kier alpha value is -2.13. The monoisotopic (exact) mass is 302 g/mol. The number of hydrogen-bond donors (Lipinski definition) is 0. The van der Waals surface area contributed by atoms with Crippen molar-refractivity contribution >= 4 is 18.0 Å². The summed E-state index contributed by atoms with van der Waals surface area (Å²) in [7, 11) is 4.89. The molecule has 2 atom stereocenters. The largest absolute Gasteiger partial charge is 0.466 e. The van der Waals surface area contributed by atoms with E-state index in [9.17, 15) is 14.4 Å². The molecule has 1 rings (SSSR count). The van der Waals surface area contributed by atoms with Crippen LogP contribution in [0.25, 0.3) is 0 Å². The second kappa shape index (κ2) is 7.60. The van der Waals surface area contributed by atoms with E-state index in [1.54, 1.807) is 6.08 Å². The van der Waals surface area contributed by atoms with Crippen molar-refractivity contribution in [1.29, 1.82) is 0 Å². The lowest BCUT2D eigenvalue weighted by molar-refractivity contribution is -0.165. The Bertz CT molecular complexity index is 437. The molecule has 0 saturated heterocycles. The maximum atomic E-state index is 12.4. The first-order valence-electron chi connectivity index (χ1n) is 5.98. The number of nitrogens with zero attached hydrogens (tertiary/aromatic N) is 2. The summed E-state index contributed by atoms with van der Waals surface area (Å²) in [5.74, 6) is -1.47. The zero-order chi connectivity index (χ0) is 16.0. The average molecular weight is 302 g/mol. The van der Waals surface area contributed by atoms with Crippen LogP contribution in [-0.2, 0) is 28.5 Å². The SMILES string of the molecule is COC(=O)C(OC)N1C=CCN(C(OC)C(=O)OC)C1=O. The highest BCUT2D eigenvalue weighted by Crippen LogP contribution is 2.16. The van der Waals surface area contributed by atoms with Gasteiger partial charge in [-0.05, 0) is 6.08 Å². The molecular formula is C12H18N2O7. The maximum absolute atomic E-state index is 12.4. The number of hydrogen-bond acceptors (Lipinski definition) is 7. The third kappa shape index (κ3) is 3.50. The van der Waals surface area contributed by atoms with Crippen molar-refractivity contribution in [3.05, 3.63) is 12.3 Å². The van der Waals surface area contributed by atoms with Gasteiger partial charge in [0.25, 0.3) is 0 Å². The van der Waals surface area contributed by atoms with Crippen LogP contribution in [0.2, 0.25) is 0 Å². The molecule has 0 radical (unpaired) electrons. The first-order valence-corrected chi connectivity index (χ1v) is 5.98. The minimum atomic E-state index is -1.25. The van der Waals surface area contributed by atoms with Crippen LogP contribution < -0.4 is 0 Å². The van der Waals surface area contributed by atoms with Crippen molar-refractivity contribution in [2.45, 2.75) is 12.5 Å². The van der Waals surface area contributed by atoms with E-state index in [2.05, 4.69) is 9.47 Å². The number of methoxy groups -OCH3 is 4. The van der Waals surface area contributed by atoms with Gasteiger partial charge in [-0.3, -0.25) is 9.80 Å². The normalized spacial score (nSPS) is 17.4. The molecule has 0 aliphatic carbocycles. The Balaban J connectivity index is 2.99. The molecule has 0 N–H and O–H groups in total. The topological polar surface area (TPSA) is 94.6 Å². The van der Waals surface area contributed by atoms with Gasteiger partial charge >= 0.3 is 18.0 Å². The van der Waals surface area contributed by atoms with E-state index >= 15 is 0 Å². The predicted molar refractivity (Wildman–Crippen MR) is 68.7 cm³/mol. The van der Waals surface area contributed by atoms with Gasteiger partial charge in [-0.15, -0.1) is 0 Å². The Kier molecular flexibility index (Phi) is 6.12. The summed E-state index contributed by atoms with van der Waals surface area (Å²) in [6.07, 6.45) is 0.487. The zero-order valence-corrected chi connectivity index (χ0v) is 12.3. The summed E-state index contributed by atoms with van der Waals surface area (Å²) in [5, 5.41) is 0. The van der Waals surface area contributed by atoms with E-state index < -0.39 is 30.4 Å². The molecule has 1 aliphatic heterocycles. The molecule has 0 aromatic heterocycles. The Morgan fingerprint density at radius 2 is 1.57 bits per heavy atom. The number of carbonyl (C=O) groups is 3. The third-order valence-corrected chi connectivity index (χ3v) is 2.82. The van der Waals surface area contributed by atoms with Crippen LogP contribution in [-0.4, -0.2) is 75.2 Å². The first-order chi connectivity index (χ1) is 10.0. The second-order valence-electron chi connectivity index (χ2n) is 3.95. The van der Waals surface area contributed by atoms with Crippen molar-refractivity contribution in [3.63, 3.8) is 0 Å². The lowest BCUT2D eigenvalue weighted by atomic mass is 10.3. The van der Waals surface area contributed by atoms with Crippen molar-refractivity contribution in [3.8, 4) is 0 Å². The van der Waals surface area contributed by atoms with Gasteiger partial charge in [-0.25, -0.2) is 14.4 Å². The highest BCUT2D eigenvalue weighted by atomic mass is 16.6. The van der Waals surface area contributed by atoms with Gasteiger partial charge in [-0.2, -0.15) is 0 Å². The van der Waals surface area contributed by atoms with Crippen LogP contribution in [0.1, 0.15) is 0 Å². The third-order valence-electron chi connectivity index (χ3n) is 2.82. The quantitative estimate of drug-likeness (QED) is 0.612. The summed E-state index contributed by atoms with van der Waals surface area (Å²) >= 11 is 0. The fourth-order valence-corrected chi connectivity index (χ4v) is 1.81. The number of urea groups is 1. The van der Waals surface area contributed by atoms with E-state index in [0.29, 0.717) is 0 Å². The minimum Gasteiger partial charge on any atom is -0.466 e. The molecule has 0 aromatic rings. The van der Waals surface area contributed by atoms with Gasteiger partial charge in [0.2, 0.25) is 12.5 Å². The number of ether oxygens (including phenoxy) is 4. The molecule has 1 aliphatic rings. The van der Waals surface area contributed by atoms with Gasteiger partial charge in [0.05, 0.1) is 14.2 Å². The molecule has 2 unspecified atom stereocenters. The fourth-order valence-electron chi connectivity index (χ4n) is 1.81. The van der Waals surface area contributed by atoms with Gasteiger partial charge in [0.15, 0.2) is 0 Å². The van der Waals surface area contributed by atoms with Crippen molar-refractivity contribution in [2.24, 2.45) is 0 Å². The van der Waals surface area contributed by atoms with Gasteiger partial charge in [-0.1, -0.05) is 0 Å². The molecule has 1 heterocycles. The zero-order valence-electron chi connectivity index (χ0n) is 12.3. The molecule has 0 fully saturated rings. The van der Waals surface area contributed by atoms with Crippen molar-refractivity contribution < 1.29 is 33.3 Å². The van der Waals surface area contributed by atoms with Crippen LogP contribution >= 0.6 is 0 Å². The molecular weight excluding hydrogens is 284 g/mol. The van der Waals surface area contributed by atoms with Crippen LogP contribution in [0.4, 0.5) is 4.79 Å². The van der Waals surface area contributed by atoms with Crippen LogP contribution in [0.5, 0.6) is 0 Å². The van der Waals surface area contributed by atoms with E-state index in [1.165, 1.54) is 34.6 Å². The molecule has 0 aromatic carbocycles.